The molecule has 1 aromatic carbocycles. The van der Waals surface area contributed by atoms with Gasteiger partial charge in [0.2, 0.25) is 0 Å². The van der Waals surface area contributed by atoms with E-state index in [1.54, 1.807) is 0 Å². The van der Waals surface area contributed by atoms with Gasteiger partial charge in [0.1, 0.15) is 0 Å². The topological polar surface area (TPSA) is 39.7 Å². The van der Waals surface area contributed by atoms with E-state index in [1.165, 1.54) is 44.3 Å². The number of hydrogen-bond acceptors (Lipinski definition) is 2. The Balaban J connectivity index is 1.48. The Kier molecular flexibility index (Phi) is 5.82. The molecule has 1 aromatic rings. The molecular weight excluding hydrogens is 364 g/mol. The Hall–Kier alpha value is -1.07. The molecule has 5 heteroatoms. The van der Waals surface area contributed by atoms with E-state index in [0.29, 0.717) is 0 Å². The van der Waals surface area contributed by atoms with Crippen molar-refractivity contribution in [2.75, 3.05) is 40.3 Å². The van der Waals surface area contributed by atoms with Crippen LogP contribution in [-0.2, 0) is 5.41 Å². The van der Waals surface area contributed by atoms with Crippen LogP contribution in [0.3, 0.4) is 0 Å². The zero-order valence-corrected chi connectivity index (χ0v) is 16.4. The van der Waals surface area contributed by atoms with Crippen LogP contribution in [0.2, 0.25) is 0 Å². The lowest BCUT2D eigenvalue weighted by Crippen LogP contribution is -2.44. The lowest BCUT2D eigenvalue weighted by atomic mass is 9.96. The van der Waals surface area contributed by atoms with Crippen LogP contribution in [0.25, 0.3) is 0 Å². The first kappa shape index (κ1) is 17.7. The zero-order valence-electron chi connectivity index (χ0n) is 14.8. The molecule has 2 N–H and O–H groups in total. The summed E-state index contributed by atoms with van der Waals surface area (Å²) in [6, 6.07) is 8.72. The molecule has 4 nitrogen and oxygen atoms in total. The Morgan fingerprint density at radius 1 is 1.29 bits per heavy atom. The third-order valence-electron chi connectivity index (χ3n) is 5.50. The normalized spacial score (nSPS) is 21.5. The summed E-state index contributed by atoms with van der Waals surface area (Å²) >= 11 is 3.59. The van der Waals surface area contributed by atoms with E-state index in [4.69, 9.17) is 0 Å². The molecular formula is C19H29BrN4. The number of nitrogens with one attached hydrogen (secondary N) is 2. The Bertz CT molecular complexity index is 574. The van der Waals surface area contributed by atoms with Crippen molar-refractivity contribution in [1.82, 2.24) is 15.5 Å². The van der Waals surface area contributed by atoms with Crippen LogP contribution >= 0.6 is 15.9 Å². The van der Waals surface area contributed by atoms with Gasteiger partial charge in [-0.15, -0.1) is 0 Å². The maximum atomic E-state index is 4.40. The Labute approximate surface area is 154 Å². The molecule has 1 saturated heterocycles. The molecule has 24 heavy (non-hydrogen) atoms. The lowest BCUT2D eigenvalue weighted by molar-refractivity contribution is 0.220. The number of benzene rings is 1. The molecule has 0 bridgehead atoms. The number of halogens is 1. The van der Waals surface area contributed by atoms with Crippen molar-refractivity contribution in [1.29, 1.82) is 0 Å². The number of aliphatic imine (C=N–C) groups is 1. The summed E-state index contributed by atoms with van der Waals surface area (Å²) in [6.07, 6.45) is 5.07. The van der Waals surface area contributed by atoms with Gasteiger partial charge in [0.05, 0.1) is 0 Å². The van der Waals surface area contributed by atoms with Crippen molar-refractivity contribution < 1.29 is 0 Å². The van der Waals surface area contributed by atoms with Gasteiger partial charge in [0, 0.05) is 30.0 Å². The molecule has 2 aliphatic rings. The van der Waals surface area contributed by atoms with Crippen LogP contribution in [0.4, 0.5) is 0 Å². The molecule has 0 amide bonds. The average Bonchev–Trinajstić information content (AvgIpc) is 3.38. The van der Waals surface area contributed by atoms with Crippen LogP contribution in [0.5, 0.6) is 0 Å². The number of piperidine rings is 1. The van der Waals surface area contributed by atoms with E-state index < -0.39 is 0 Å². The number of nitrogens with zero attached hydrogens (tertiary/aromatic N) is 2. The van der Waals surface area contributed by atoms with Gasteiger partial charge in [0.25, 0.3) is 0 Å². The molecule has 2 fully saturated rings. The van der Waals surface area contributed by atoms with Crippen molar-refractivity contribution in [3.8, 4) is 0 Å². The Morgan fingerprint density at radius 3 is 2.67 bits per heavy atom. The monoisotopic (exact) mass is 392 g/mol. The van der Waals surface area contributed by atoms with E-state index in [1.807, 2.05) is 7.05 Å². The van der Waals surface area contributed by atoms with Gasteiger partial charge in [-0.2, -0.15) is 0 Å². The summed E-state index contributed by atoms with van der Waals surface area (Å²) < 4.78 is 1.16. The minimum absolute atomic E-state index is 0.287. The van der Waals surface area contributed by atoms with Gasteiger partial charge in [-0.1, -0.05) is 28.1 Å². The second-order valence-corrected chi connectivity index (χ2v) is 8.26. The first-order valence-corrected chi connectivity index (χ1v) is 9.80. The van der Waals surface area contributed by atoms with Crippen LogP contribution in [0.1, 0.15) is 31.2 Å². The fourth-order valence-electron chi connectivity index (χ4n) is 3.52. The molecule has 0 aromatic heterocycles. The van der Waals surface area contributed by atoms with E-state index in [0.717, 1.165) is 29.4 Å². The molecule has 0 spiro atoms. The van der Waals surface area contributed by atoms with Crippen molar-refractivity contribution in [2.45, 2.75) is 31.1 Å². The predicted molar refractivity (Wildman–Crippen MR) is 105 cm³/mol. The molecule has 0 unspecified atom stereocenters. The van der Waals surface area contributed by atoms with E-state index >= 15 is 0 Å². The smallest absolute Gasteiger partial charge is 0.191 e. The Morgan fingerprint density at radius 2 is 2.04 bits per heavy atom. The molecule has 0 atom stereocenters. The quantitative estimate of drug-likeness (QED) is 0.597. The van der Waals surface area contributed by atoms with Crippen LogP contribution in [0, 0.1) is 5.92 Å². The van der Waals surface area contributed by atoms with Crippen molar-refractivity contribution in [3.05, 3.63) is 34.3 Å². The largest absolute Gasteiger partial charge is 0.356 e. The predicted octanol–water partition coefficient (Wildman–Crippen LogP) is 2.99. The first-order chi connectivity index (χ1) is 11.6. The molecule has 0 radical (unpaired) electrons. The highest BCUT2D eigenvalue weighted by Gasteiger charge is 2.44. The minimum Gasteiger partial charge on any atom is -0.356 e. The average molecular weight is 393 g/mol. The van der Waals surface area contributed by atoms with Crippen molar-refractivity contribution in [2.24, 2.45) is 10.9 Å². The van der Waals surface area contributed by atoms with Crippen LogP contribution in [-0.4, -0.2) is 51.1 Å². The SMILES string of the molecule is CN=C(NCC1CCN(C)CC1)NCC1(c2cccc(Br)c2)CC1. The molecule has 1 heterocycles. The minimum atomic E-state index is 0.287. The summed E-state index contributed by atoms with van der Waals surface area (Å²) in [5.41, 5.74) is 1.71. The van der Waals surface area contributed by atoms with E-state index in [-0.39, 0.29) is 5.41 Å². The second-order valence-electron chi connectivity index (χ2n) is 7.34. The highest BCUT2D eigenvalue weighted by Crippen LogP contribution is 2.48. The maximum absolute atomic E-state index is 4.40. The molecule has 1 saturated carbocycles. The van der Waals surface area contributed by atoms with Gasteiger partial charge in [-0.05, 0) is 69.4 Å². The van der Waals surface area contributed by atoms with Crippen LogP contribution < -0.4 is 10.6 Å². The van der Waals surface area contributed by atoms with Crippen LogP contribution in [0.15, 0.2) is 33.7 Å². The number of likely N-dealkylation sites (tertiary alicyclic amines) is 1. The van der Waals surface area contributed by atoms with Gasteiger partial charge < -0.3 is 15.5 Å². The highest BCUT2D eigenvalue weighted by atomic mass is 79.9. The van der Waals surface area contributed by atoms with Gasteiger partial charge in [-0.3, -0.25) is 4.99 Å². The first-order valence-electron chi connectivity index (χ1n) is 9.00. The van der Waals surface area contributed by atoms with Crippen molar-refractivity contribution >= 4 is 21.9 Å². The highest BCUT2D eigenvalue weighted by molar-refractivity contribution is 9.10. The number of hydrogen-bond donors (Lipinski definition) is 2. The number of guanidine groups is 1. The summed E-state index contributed by atoms with van der Waals surface area (Å²) in [5.74, 6) is 1.70. The summed E-state index contributed by atoms with van der Waals surface area (Å²) in [4.78, 5) is 6.82. The van der Waals surface area contributed by atoms with E-state index in [9.17, 15) is 0 Å². The standard InChI is InChI=1S/C19H29BrN4/c1-21-18(22-13-15-6-10-24(2)11-7-15)23-14-19(8-9-19)16-4-3-5-17(20)12-16/h3-5,12,15H,6-11,13-14H2,1-2H3,(H2,21,22,23). The summed E-state index contributed by atoms with van der Waals surface area (Å²) in [5, 5.41) is 7.08. The zero-order chi connectivity index (χ0) is 17.0. The molecule has 3 rings (SSSR count). The fraction of sp³-hybridized carbons (Fsp3) is 0.632. The summed E-state index contributed by atoms with van der Waals surface area (Å²) in [7, 11) is 4.07. The van der Waals surface area contributed by atoms with Gasteiger partial charge in [0.15, 0.2) is 5.96 Å². The van der Waals surface area contributed by atoms with Gasteiger partial charge >= 0.3 is 0 Å². The lowest BCUT2D eigenvalue weighted by Gasteiger charge is -2.29. The third-order valence-corrected chi connectivity index (χ3v) is 6.00. The fourth-order valence-corrected chi connectivity index (χ4v) is 3.92. The maximum Gasteiger partial charge on any atom is 0.191 e. The summed E-state index contributed by atoms with van der Waals surface area (Å²) in [6.45, 7) is 4.41. The molecule has 1 aliphatic carbocycles. The van der Waals surface area contributed by atoms with E-state index in [2.05, 4.69) is 67.8 Å². The molecule has 132 valence electrons. The van der Waals surface area contributed by atoms with Crippen molar-refractivity contribution in [3.63, 3.8) is 0 Å². The number of rotatable bonds is 5. The molecule has 1 aliphatic heterocycles. The van der Waals surface area contributed by atoms with Gasteiger partial charge in [-0.25, -0.2) is 0 Å². The second kappa shape index (κ2) is 7.87. The third kappa shape index (κ3) is 4.51.